The lowest BCUT2D eigenvalue weighted by Gasteiger charge is -1.99. The third kappa shape index (κ3) is 1.40. The van der Waals surface area contributed by atoms with Crippen LogP contribution in [-0.2, 0) is 0 Å². The lowest BCUT2D eigenvalue weighted by molar-refractivity contribution is 0.629. The van der Waals surface area contributed by atoms with Crippen LogP contribution in [0.25, 0.3) is 10.9 Å². The molecule has 0 aliphatic carbocycles. The fourth-order valence-corrected chi connectivity index (χ4v) is 1.41. The average molecular weight is 207 g/mol. The van der Waals surface area contributed by atoms with Crippen LogP contribution < -0.4 is 0 Å². The Morgan fingerprint density at radius 2 is 2.14 bits per heavy atom. The number of fused-ring (bicyclic) bond motifs is 1. The summed E-state index contributed by atoms with van der Waals surface area (Å²) in [4.78, 5) is 3.96. The number of halogens is 2. The quantitative estimate of drug-likeness (QED) is 0.622. The Morgan fingerprint density at radius 3 is 2.86 bits per heavy atom. The number of benzene rings is 1. The molecule has 0 spiro atoms. The smallest absolute Gasteiger partial charge is 0.129 e. The molecule has 0 atom stereocenters. The zero-order valence-corrected chi connectivity index (χ0v) is 7.72. The van der Waals surface area contributed by atoms with Crippen molar-refractivity contribution < 1.29 is 4.39 Å². The van der Waals surface area contributed by atoms with Crippen LogP contribution >= 0.6 is 11.6 Å². The van der Waals surface area contributed by atoms with Gasteiger partial charge in [0.25, 0.3) is 0 Å². The van der Waals surface area contributed by atoms with Crippen molar-refractivity contribution in [2.45, 2.75) is 0 Å². The molecule has 2 rings (SSSR count). The molecule has 0 radical (unpaired) electrons. The molecule has 0 saturated heterocycles. The maximum absolute atomic E-state index is 13.0. The second-order valence-electron chi connectivity index (χ2n) is 2.77. The number of rotatable bonds is 0. The van der Waals surface area contributed by atoms with Gasteiger partial charge in [0.05, 0.1) is 11.1 Å². The van der Waals surface area contributed by atoms with Crippen molar-refractivity contribution in [3.8, 4) is 6.07 Å². The van der Waals surface area contributed by atoms with Gasteiger partial charge in [0, 0.05) is 5.39 Å². The molecule has 0 unspecified atom stereocenters. The molecule has 0 N–H and O–H groups in total. The number of hydrogen-bond acceptors (Lipinski definition) is 2. The summed E-state index contributed by atoms with van der Waals surface area (Å²) in [5.41, 5.74) is 0.629. The number of aromatic nitrogens is 1. The van der Waals surface area contributed by atoms with Crippen LogP contribution in [0.4, 0.5) is 4.39 Å². The van der Waals surface area contributed by atoms with Crippen molar-refractivity contribution in [2.75, 3.05) is 0 Å². The first-order valence-corrected chi connectivity index (χ1v) is 4.24. The van der Waals surface area contributed by atoms with Gasteiger partial charge in [-0.2, -0.15) is 5.26 Å². The SMILES string of the molecule is N#Cc1cc(F)cc2ccc(Cl)nc12. The highest BCUT2D eigenvalue weighted by molar-refractivity contribution is 6.29. The van der Waals surface area contributed by atoms with Crippen molar-refractivity contribution in [2.24, 2.45) is 0 Å². The molecule has 14 heavy (non-hydrogen) atoms. The van der Waals surface area contributed by atoms with E-state index in [4.69, 9.17) is 16.9 Å². The van der Waals surface area contributed by atoms with E-state index < -0.39 is 5.82 Å². The molecule has 0 aliphatic heterocycles. The molecule has 1 aromatic heterocycles. The minimum atomic E-state index is -0.446. The molecule has 0 saturated carbocycles. The van der Waals surface area contributed by atoms with Gasteiger partial charge in [-0.3, -0.25) is 0 Å². The van der Waals surface area contributed by atoms with Crippen LogP contribution in [0.5, 0.6) is 0 Å². The zero-order chi connectivity index (χ0) is 10.1. The summed E-state index contributed by atoms with van der Waals surface area (Å²) in [7, 11) is 0. The minimum Gasteiger partial charge on any atom is -0.235 e. The number of nitriles is 1. The first-order chi connectivity index (χ1) is 6.70. The van der Waals surface area contributed by atoms with Crippen molar-refractivity contribution >= 4 is 22.5 Å². The molecule has 2 nitrogen and oxygen atoms in total. The highest BCUT2D eigenvalue weighted by Gasteiger charge is 2.05. The minimum absolute atomic E-state index is 0.197. The summed E-state index contributed by atoms with van der Waals surface area (Å²) < 4.78 is 13.0. The highest BCUT2D eigenvalue weighted by atomic mass is 35.5. The molecule has 0 aliphatic rings. The summed E-state index contributed by atoms with van der Waals surface area (Å²) in [5, 5.41) is 9.62. The lowest BCUT2D eigenvalue weighted by Crippen LogP contribution is -1.87. The molecule has 1 heterocycles. The molecule has 1 aromatic carbocycles. The van der Waals surface area contributed by atoms with Gasteiger partial charge >= 0.3 is 0 Å². The van der Waals surface area contributed by atoms with E-state index in [-0.39, 0.29) is 5.56 Å². The Kier molecular flexibility index (Phi) is 2.06. The van der Waals surface area contributed by atoms with Gasteiger partial charge in [-0.25, -0.2) is 9.37 Å². The molecule has 2 aromatic rings. The summed E-state index contributed by atoms with van der Waals surface area (Å²) >= 11 is 5.67. The Bertz CT molecular complexity index is 546. The van der Waals surface area contributed by atoms with Crippen molar-refractivity contribution in [3.63, 3.8) is 0 Å². The second-order valence-corrected chi connectivity index (χ2v) is 3.16. The van der Waals surface area contributed by atoms with Crippen molar-refractivity contribution in [1.29, 1.82) is 5.26 Å². The van der Waals surface area contributed by atoms with E-state index in [1.54, 1.807) is 12.1 Å². The van der Waals surface area contributed by atoms with Crippen LogP contribution in [0.1, 0.15) is 5.56 Å². The monoisotopic (exact) mass is 206 g/mol. The summed E-state index contributed by atoms with van der Waals surface area (Å²) in [6.07, 6.45) is 0. The first kappa shape index (κ1) is 8.92. The molecule has 4 heteroatoms. The van der Waals surface area contributed by atoms with E-state index in [1.807, 2.05) is 6.07 Å². The van der Waals surface area contributed by atoms with E-state index in [0.29, 0.717) is 16.1 Å². The Labute approximate surface area is 84.6 Å². The van der Waals surface area contributed by atoms with Crippen LogP contribution in [0, 0.1) is 17.1 Å². The average Bonchev–Trinajstić information content (AvgIpc) is 2.17. The lowest BCUT2D eigenvalue weighted by atomic mass is 10.1. The van der Waals surface area contributed by atoms with E-state index in [9.17, 15) is 4.39 Å². The van der Waals surface area contributed by atoms with E-state index >= 15 is 0 Å². The van der Waals surface area contributed by atoms with Gasteiger partial charge in [-0.1, -0.05) is 11.6 Å². The highest BCUT2D eigenvalue weighted by Crippen LogP contribution is 2.20. The zero-order valence-electron chi connectivity index (χ0n) is 6.96. The standard InChI is InChI=1S/C10H4ClFN2/c11-9-2-1-6-3-8(12)4-7(5-13)10(6)14-9/h1-4H. The Morgan fingerprint density at radius 1 is 1.36 bits per heavy atom. The normalized spacial score (nSPS) is 10.1. The van der Waals surface area contributed by atoms with Gasteiger partial charge < -0.3 is 0 Å². The van der Waals surface area contributed by atoms with Crippen LogP contribution in [0.3, 0.4) is 0 Å². The predicted octanol–water partition coefficient (Wildman–Crippen LogP) is 2.90. The van der Waals surface area contributed by atoms with E-state index in [1.165, 1.54) is 6.07 Å². The summed E-state index contributed by atoms with van der Waals surface area (Å²) in [6, 6.07) is 7.53. The Balaban J connectivity index is 2.90. The van der Waals surface area contributed by atoms with Crippen LogP contribution in [0.15, 0.2) is 24.3 Å². The molecule has 68 valence electrons. The number of hydrogen-bond donors (Lipinski definition) is 0. The Hall–Kier alpha value is -1.66. The largest absolute Gasteiger partial charge is 0.235 e. The van der Waals surface area contributed by atoms with Crippen LogP contribution in [-0.4, -0.2) is 4.98 Å². The van der Waals surface area contributed by atoms with Gasteiger partial charge in [0.15, 0.2) is 0 Å². The van der Waals surface area contributed by atoms with Gasteiger partial charge in [-0.05, 0) is 24.3 Å². The maximum Gasteiger partial charge on any atom is 0.129 e. The molecule has 0 fully saturated rings. The number of pyridine rings is 1. The third-order valence-electron chi connectivity index (χ3n) is 1.84. The number of nitrogens with zero attached hydrogens (tertiary/aromatic N) is 2. The molecule has 0 bridgehead atoms. The second kappa shape index (κ2) is 3.24. The summed E-state index contributed by atoms with van der Waals surface area (Å²) in [6.45, 7) is 0. The van der Waals surface area contributed by atoms with E-state index in [2.05, 4.69) is 4.98 Å². The van der Waals surface area contributed by atoms with Crippen LogP contribution in [0.2, 0.25) is 5.15 Å². The topological polar surface area (TPSA) is 36.7 Å². The summed E-state index contributed by atoms with van der Waals surface area (Å²) in [5.74, 6) is -0.446. The molecular formula is C10H4ClFN2. The van der Waals surface area contributed by atoms with Crippen molar-refractivity contribution in [1.82, 2.24) is 4.98 Å². The first-order valence-electron chi connectivity index (χ1n) is 3.86. The van der Waals surface area contributed by atoms with Gasteiger partial charge in [0.1, 0.15) is 17.0 Å². The predicted molar refractivity (Wildman–Crippen MR) is 51.4 cm³/mol. The van der Waals surface area contributed by atoms with Crippen molar-refractivity contribution in [3.05, 3.63) is 40.8 Å². The van der Waals surface area contributed by atoms with Gasteiger partial charge in [-0.15, -0.1) is 0 Å². The van der Waals surface area contributed by atoms with Gasteiger partial charge in [0.2, 0.25) is 0 Å². The molecule has 0 amide bonds. The third-order valence-corrected chi connectivity index (χ3v) is 2.05. The molecular weight excluding hydrogens is 203 g/mol. The maximum atomic E-state index is 13.0. The fourth-order valence-electron chi connectivity index (χ4n) is 1.26. The van der Waals surface area contributed by atoms with E-state index in [0.717, 1.165) is 6.07 Å². The fraction of sp³-hybridized carbons (Fsp3) is 0.